The highest BCUT2D eigenvalue weighted by atomic mass is 127. The Morgan fingerprint density at radius 1 is 1.45 bits per heavy atom. The number of ether oxygens (including phenoxy) is 1. The zero-order chi connectivity index (χ0) is 8.27. The van der Waals surface area contributed by atoms with Crippen molar-refractivity contribution in [3.8, 4) is 5.75 Å². The lowest BCUT2D eigenvalue weighted by atomic mass is 10.2. The minimum absolute atomic E-state index is 0.992. The Hall–Kier alpha value is 0.480. The SMILES string of the molecule is COc1cccc(I)c1CI. The number of rotatable bonds is 2. The number of hydrogen-bond donors (Lipinski definition) is 0. The molecule has 3 heteroatoms. The molecule has 0 radical (unpaired) electrons. The van der Waals surface area contributed by atoms with Crippen LogP contribution in [0, 0.1) is 3.57 Å². The van der Waals surface area contributed by atoms with Gasteiger partial charge in [-0.1, -0.05) is 28.7 Å². The van der Waals surface area contributed by atoms with Gasteiger partial charge in [-0.25, -0.2) is 0 Å². The van der Waals surface area contributed by atoms with Crippen LogP contribution in [0.3, 0.4) is 0 Å². The van der Waals surface area contributed by atoms with Crippen LogP contribution in [0.1, 0.15) is 5.56 Å². The molecule has 0 saturated carbocycles. The van der Waals surface area contributed by atoms with E-state index >= 15 is 0 Å². The van der Waals surface area contributed by atoms with Crippen LogP contribution in [0.25, 0.3) is 0 Å². The first kappa shape index (κ1) is 9.57. The third kappa shape index (κ3) is 2.21. The van der Waals surface area contributed by atoms with Crippen molar-refractivity contribution in [3.63, 3.8) is 0 Å². The predicted octanol–water partition coefficient (Wildman–Crippen LogP) is 3.23. The molecule has 0 aromatic heterocycles. The van der Waals surface area contributed by atoms with Crippen LogP contribution in [0.15, 0.2) is 18.2 Å². The molecule has 60 valence electrons. The summed E-state index contributed by atoms with van der Waals surface area (Å²) in [6.45, 7) is 0. The average molecular weight is 374 g/mol. The van der Waals surface area contributed by atoms with Crippen molar-refractivity contribution in [1.29, 1.82) is 0 Å². The van der Waals surface area contributed by atoms with Crippen LogP contribution in [0.4, 0.5) is 0 Å². The standard InChI is InChI=1S/C8H8I2O/c1-11-8-4-2-3-7(10)6(8)5-9/h2-4H,5H2,1H3. The predicted molar refractivity (Wildman–Crippen MR) is 63.4 cm³/mol. The van der Waals surface area contributed by atoms with Crippen LogP contribution in [0.5, 0.6) is 5.75 Å². The third-order valence-electron chi connectivity index (χ3n) is 1.43. The normalized spacial score (nSPS) is 9.73. The van der Waals surface area contributed by atoms with Crippen molar-refractivity contribution in [1.82, 2.24) is 0 Å². The summed E-state index contributed by atoms with van der Waals surface area (Å²) < 4.78 is 7.48. The molecular weight excluding hydrogens is 366 g/mol. The molecule has 0 aliphatic heterocycles. The summed E-state index contributed by atoms with van der Waals surface area (Å²) in [5.41, 5.74) is 1.29. The third-order valence-corrected chi connectivity index (χ3v) is 3.20. The van der Waals surface area contributed by atoms with Crippen LogP contribution in [0.2, 0.25) is 0 Å². The largest absolute Gasteiger partial charge is 0.496 e. The van der Waals surface area contributed by atoms with Crippen molar-refractivity contribution < 1.29 is 4.74 Å². The molecule has 0 unspecified atom stereocenters. The molecule has 11 heavy (non-hydrogen) atoms. The van der Waals surface area contributed by atoms with E-state index in [2.05, 4.69) is 51.2 Å². The molecule has 0 N–H and O–H groups in total. The molecule has 1 nitrogen and oxygen atoms in total. The highest BCUT2D eigenvalue weighted by Gasteiger charge is 2.03. The number of hydrogen-bond acceptors (Lipinski definition) is 1. The van der Waals surface area contributed by atoms with Gasteiger partial charge in [0.2, 0.25) is 0 Å². The molecule has 1 aromatic rings. The summed E-state index contributed by atoms with van der Waals surface area (Å²) in [7, 11) is 1.71. The highest BCUT2D eigenvalue weighted by molar-refractivity contribution is 14.1. The van der Waals surface area contributed by atoms with E-state index in [-0.39, 0.29) is 0 Å². The van der Waals surface area contributed by atoms with Crippen LogP contribution >= 0.6 is 45.2 Å². The molecule has 0 heterocycles. The zero-order valence-electron chi connectivity index (χ0n) is 6.10. The molecule has 0 saturated heterocycles. The average Bonchev–Trinajstić information content (AvgIpc) is 2.04. The molecule has 0 amide bonds. The first-order valence-electron chi connectivity index (χ1n) is 3.17. The monoisotopic (exact) mass is 374 g/mol. The minimum atomic E-state index is 0.992. The van der Waals surface area contributed by atoms with Crippen molar-refractivity contribution in [2.45, 2.75) is 4.43 Å². The number of methoxy groups -OCH3 is 1. The van der Waals surface area contributed by atoms with E-state index in [9.17, 15) is 0 Å². The molecule has 1 aromatic carbocycles. The van der Waals surface area contributed by atoms with Gasteiger partial charge < -0.3 is 4.74 Å². The summed E-state index contributed by atoms with van der Waals surface area (Å²) in [5.74, 6) is 0.992. The van der Waals surface area contributed by atoms with Gasteiger partial charge >= 0.3 is 0 Å². The van der Waals surface area contributed by atoms with E-state index in [1.807, 2.05) is 12.1 Å². The lowest BCUT2D eigenvalue weighted by molar-refractivity contribution is 0.411. The fraction of sp³-hybridized carbons (Fsp3) is 0.250. The van der Waals surface area contributed by atoms with Crippen molar-refractivity contribution in [2.24, 2.45) is 0 Å². The van der Waals surface area contributed by atoms with E-state index in [0.717, 1.165) is 10.2 Å². The Labute approximate surface area is 93.8 Å². The van der Waals surface area contributed by atoms with Gasteiger partial charge in [0.15, 0.2) is 0 Å². The van der Waals surface area contributed by atoms with E-state index in [0.29, 0.717) is 0 Å². The summed E-state index contributed by atoms with van der Waals surface area (Å²) in [6.07, 6.45) is 0. The van der Waals surface area contributed by atoms with E-state index in [1.54, 1.807) is 7.11 Å². The Morgan fingerprint density at radius 2 is 2.18 bits per heavy atom. The Kier molecular flexibility index (Phi) is 3.91. The number of benzene rings is 1. The second-order valence-corrected chi connectivity index (χ2v) is 3.98. The Bertz CT molecular complexity index is 248. The second-order valence-electron chi connectivity index (χ2n) is 2.05. The van der Waals surface area contributed by atoms with Crippen molar-refractivity contribution in [3.05, 3.63) is 27.3 Å². The maximum atomic E-state index is 5.21. The zero-order valence-corrected chi connectivity index (χ0v) is 10.4. The van der Waals surface area contributed by atoms with Crippen LogP contribution in [-0.4, -0.2) is 7.11 Å². The highest BCUT2D eigenvalue weighted by Crippen LogP contribution is 2.25. The Balaban J connectivity index is 3.13. The fourth-order valence-corrected chi connectivity index (χ4v) is 3.04. The molecule has 0 atom stereocenters. The van der Waals surface area contributed by atoms with Gasteiger partial charge in [-0.2, -0.15) is 0 Å². The molecule has 0 aliphatic rings. The summed E-state index contributed by atoms with van der Waals surface area (Å²) in [5, 5.41) is 0. The first-order valence-corrected chi connectivity index (χ1v) is 5.77. The van der Waals surface area contributed by atoms with Crippen LogP contribution < -0.4 is 4.74 Å². The van der Waals surface area contributed by atoms with E-state index in [1.165, 1.54) is 9.13 Å². The number of halogens is 2. The van der Waals surface area contributed by atoms with Gasteiger partial charge in [0.05, 0.1) is 7.11 Å². The molecular formula is C8H8I2O. The fourth-order valence-electron chi connectivity index (χ4n) is 0.860. The second kappa shape index (κ2) is 4.49. The van der Waals surface area contributed by atoms with E-state index in [4.69, 9.17) is 4.74 Å². The van der Waals surface area contributed by atoms with Gasteiger partial charge in [0.25, 0.3) is 0 Å². The smallest absolute Gasteiger partial charge is 0.123 e. The quantitative estimate of drug-likeness (QED) is 0.571. The van der Waals surface area contributed by atoms with Gasteiger partial charge in [-0.3, -0.25) is 0 Å². The molecule has 0 aliphatic carbocycles. The topological polar surface area (TPSA) is 9.23 Å². The summed E-state index contributed by atoms with van der Waals surface area (Å²) >= 11 is 4.67. The lowest BCUT2D eigenvalue weighted by Gasteiger charge is -2.06. The van der Waals surface area contributed by atoms with Crippen LogP contribution in [-0.2, 0) is 4.43 Å². The summed E-state index contributed by atoms with van der Waals surface area (Å²) in [4.78, 5) is 0. The lowest BCUT2D eigenvalue weighted by Crippen LogP contribution is -1.91. The van der Waals surface area contributed by atoms with Crippen molar-refractivity contribution >= 4 is 45.2 Å². The maximum Gasteiger partial charge on any atom is 0.123 e. The molecule has 1 rings (SSSR count). The Morgan fingerprint density at radius 3 is 2.64 bits per heavy atom. The number of alkyl halides is 1. The van der Waals surface area contributed by atoms with E-state index < -0.39 is 0 Å². The maximum absolute atomic E-state index is 5.21. The van der Waals surface area contributed by atoms with Crippen molar-refractivity contribution in [2.75, 3.05) is 7.11 Å². The molecule has 0 fully saturated rings. The molecule has 0 bridgehead atoms. The molecule has 0 spiro atoms. The van der Waals surface area contributed by atoms with Gasteiger partial charge in [-0.05, 0) is 34.7 Å². The van der Waals surface area contributed by atoms with Gasteiger partial charge in [-0.15, -0.1) is 0 Å². The van der Waals surface area contributed by atoms with Gasteiger partial charge in [0.1, 0.15) is 5.75 Å². The first-order chi connectivity index (χ1) is 5.29. The summed E-state index contributed by atoms with van der Waals surface area (Å²) in [6, 6.07) is 6.10. The minimum Gasteiger partial charge on any atom is -0.496 e. The van der Waals surface area contributed by atoms with Gasteiger partial charge in [0, 0.05) is 13.6 Å².